The Labute approximate surface area is 64.1 Å². The molecule has 1 aliphatic carbocycles. The van der Waals surface area contributed by atoms with E-state index in [0.29, 0.717) is 0 Å². The molecule has 0 saturated carbocycles. The minimum absolute atomic E-state index is 0.993. The second kappa shape index (κ2) is 3.02. The van der Waals surface area contributed by atoms with Gasteiger partial charge in [0.15, 0.2) is 0 Å². The van der Waals surface area contributed by atoms with Gasteiger partial charge >= 0.3 is 0 Å². The normalized spacial score (nSPS) is 15.9. The summed E-state index contributed by atoms with van der Waals surface area (Å²) in [6, 6.07) is 0. The van der Waals surface area contributed by atoms with Crippen molar-refractivity contribution in [1.82, 2.24) is 0 Å². The Balaban J connectivity index is 2.39. The molecule has 0 amide bonds. The third-order valence-corrected chi connectivity index (χ3v) is 1.55. The molecule has 0 heterocycles. The van der Waals surface area contributed by atoms with Gasteiger partial charge in [0, 0.05) is 0 Å². The Morgan fingerprint density at radius 1 is 1.78 bits per heavy atom. The zero-order chi connectivity index (χ0) is 6.69. The van der Waals surface area contributed by atoms with Crippen molar-refractivity contribution >= 4 is 15.9 Å². The third kappa shape index (κ3) is 2.19. The summed E-state index contributed by atoms with van der Waals surface area (Å²) >= 11 is 3.32. The predicted molar refractivity (Wildman–Crippen MR) is 44.5 cm³/mol. The molecule has 0 radical (unpaired) electrons. The lowest BCUT2D eigenvalue weighted by atomic mass is 10.2. The second-order valence-electron chi connectivity index (χ2n) is 2.15. The van der Waals surface area contributed by atoms with E-state index in [2.05, 4.69) is 40.7 Å². The van der Waals surface area contributed by atoms with Crippen LogP contribution >= 0.6 is 15.9 Å². The first-order valence-electron chi connectivity index (χ1n) is 2.97. The summed E-state index contributed by atoms with van der Waals surface area (Å²) in [6.07, 6.45) is 8.49. The summed E-state index contributed by atoms with van der Waals surface area (Å²) in [5.74, 6) is 0. The van der Waals surface area contributed by atoms with Gasteiger partial charge in [0.05, 0.1) is 0 Å². The molecule has 0 unspecified atom stereocenters. The highest BCUT2D eigenvalue weighted by Gasteiger charge is 1.98. The maximum atomic E-state index is 3.77. The van der Waals surface area contributed by atoms with Crippen LogP contribution in [0.15, 0.2) is 34.9 Å². The summed E-state index contributed by atoms with van der Waals surface area (Å²) < 4.78 is 1.07. The molecule has 1 aliphatic rings. The Kier molecular flexibility index (Phi) is 2.29. The topological polar surface area (TPSA) is 0 Å². The van der Waals surface area contributed by atoms with Gasteiger partial charge in [0.1, 0.15) is 0 Å². The van der Waals surface area contributed by atoms with Gasteiger partial charge in [-0.1, -0.05) is 46.3 Å². The molecule has 0 N–H and O–H groups in total. The van der Waals surface area contributed by atoms with Crippen molar-refractivity contribution in [2.24, 2.45) is 0 Å². The number of allylic oxidation sites excluding steroid dienone is 5. The lowest BCUT2D eigenvalue weighted by Crippen LogP contribution is -1.75. The van der Waals surface area contributed by atoms with Gasteiger partial charge in [-0.05, 0) is 17.3 Å². The van der Waals surface area contributed by atoms with Crippen LogP contribution in [0.2, 0.25) is 0 Å². The molecule has 1 rings (SSSR count). The van der Waals surface area contributed by atoms with Crippen molar-refractivity contribution in [3.05, 3.63) is 34.9 Å². The van der Waals surface area contributed by atoms with E-state index in [4.69, 9.17) is 0 Å². The van der Waals surface area contributed by atoms with Gasteiger partial charge in [-0.3, -0.25) is 0 Å². The Morgan fingerprint density at radius 2 is 2.56 bits per heavy atom. The summed E-state index contributed by atoms with van der Waals surface area (Å²) in [4.78, 5) is 0. The average Bonchev–Trinajstić information content (AvgIpc) is 2.15. The van der Waals surface area contributed by atoms with E-state index in [1.165, 1.54) is 5.57 Å². The molecule has 9 heavy (non-hydrogen) atoms. The minimum Gasteiger partial charge on any atom is -0.0885 e. The molecule has 0 aromatic heterocycles. The van der Waals surface area contributed by atoms with Gasteiger partial charge in [0.25, 0.3) is 0 Å². The molecule has 0 nitrogen and oxygen atoms in total. The van der Waals surface area contributed by atoms with E-state index in [1.807, 2.05) is 0 Å². The van der Waals surface area contributed by atoms with Gasteiger partial charge < -0.3 is 0 Å². The molecule has 0 aliphatic heterocycles. The quantitative estimate of drug-likeness (QED) is 0.619. The van der Waals surface area contributed by atoms with Gasteiger partial charge in [-0.2, -0.15) is 0 Å². The van der Waals surface area contributed by atoms with Crippen LogP contribution in [0.4, 0.5) is 0 Å². The lowest BCUT2D eigenvalue weighted by Gasteiger charge is -1.96. The van der Waals surface area contributed by atoms with Crippen molar-refractivity contribution in [1.29, 1.82) is 0 Å². The number of halogens is 1. The van der Waals surface area contributed by atoms with E-state index in [0.717, 1.165) is 17.3 Å². The molecule has 0 spiro atoms. The van der Waals surface area contributed by atoms with Crippen molar-refractivity contribution in [3.63, 3.8) is 0 Å². The highest BCUT2D eigenvalue weighted by molar-refractivity contribution is 9.11. The smallest absolute Gasteiger partial charge is 0.0000397 e. The number of rotatable bonds is 2. The first-order chi connectivity index (χ1) is 4.29. The Morgan fingerprint density at radius 3 is 3.00 bits per heavy atom. The maximum Gasteiger partial charge on any atom is -0.0000397 e. The van der Waals surface area contributed by atoms with Crippen LogP contribution in [0.25, 0.3) is 0 Å². The van der Waals surface area contributed by atoms with Gasteiger partial charge in [-0.25, -0.2) is 0 Å². The van der Waals surface area contributed by atoms with Crippen LogP contribution in [0.1, 0.15) is 12.8 Å². The number of hydrogen-bond acceptors (Lipinski definition) is 0. The van der Waals surface area contributed by atoms with Crippen LogP contribution in [-0.2, 0) is 0 Å². The molecule has 0 fully saturated rings. The molecule has 0 bridgehead atoms. The van der Waals surface area contributed by atoms with Crippen molar-refractivity contribution in [2.75, 3.05) is 0 Å². The molecule has 48 valence electrons. The largest absolute Gasteiger partial charge is 0.0885 e. The van der Waals surface area contributed by atoms with Crippen LogP contribution in [0.3, 0.4) is 0 Å². The zero-order valence-corrected chi connectivity index (χ0v) is 6.82. The maximum absolute atomic E-state index is 3.77. The Hall–Kier alpha value is -0.300. The summed E-state index contributed by atoms with van der Waals surface area (Å²) in [7, 11) is 0. The van der Waals surface area contributed by atoms with Crippen molar-refractivity contribution in [3.8, 4) is 0 Å². The van der Waals surface area contributed by atoms with E-state index in [9.17, 15) is 0 Å². The number of hydrogen-bond donors (Lipinski definition) is 0. The van der Waals surface area contributed by atoms with Crippen LogP contribution in [0.5, 0.6) is 0 Å². The van der Waals surface area contributed by atoms with Crippen LogP contribution in [-0.4, -0.2) is 0 Å². The SMILES string of the molecule is C=C(Br)CC1=CC=CC1. The Bertz CT molecular complexity index is 175. The standard InChI is InChI=1S/C8H9Br/c1-7(9)6-8-4-2-3-5-8/h2-4H,1,5-6H2. The molecule has 0 aromatic rings. The first kappa shape index (κ1) is 6.81. The molecule has 0 atom stereocenters. The fraction of sp³-hybridized carbons (Fsp3) is 0.250. The molecule has 1 heteroatoms. The average molecular weight is 185 g/mol. The van der Waals surface area contributed by atoms with Crippen molar-refractivity contribution in [2.45, 2.75) is 12.8 Å². The molecular weight excluding hydrogens is 176 g/mol. The fourth-order valence-corrected chi connectivity index (χ4v) is 1.23. The second-order valence-corrected chi connectivity index (χ2v) is 3.27. The van der Waals surface area contributed by atoms with Crippen LogP contribution in [0, 0.1) is 0 Å². The predicted octanol–water partition coefficient (Wildman–Crippen LogP) is 3.17. The van der Waals surface area contributed by atoms with Gasteiger partial charge in [0.2, 0.25) is 0 Å². The van der Waals surface area contributed by atoms with Gasteiger partial charge in [-0.15, -0.1) is 0 Å². The highest BCUT2D eigenvalue weighted by atomic mass is 79.9. The molecular formula is C8H9Br. The fourth-order valence-electron chi connectivity index (χ4n) is 0.869. The minimum atomic E-state index is 0.993. The van der Waals surface area contributed by atoms with Crippen molar-refractivity contribution < 1.29 is 0 Å². The summed E-state index contributed by atoms with van der Waals surface area (Å²) in [6.45, 7) is 3.77. The lowest BCUT2D eigenvalue weighted by molar-refractivity contribution is 1.13. The third-order valence-electron chi connectivity index (χ3n) is 1.27. The van der Waals surface area contributed by atoms with E-state index in [1.54, 1.807) is 0 Å². The first-order valence-corrected chi connectivity index (χ1v) is 3.76. The van der Waals surface area contributed by atoms with Crippen LogP contribution < -0.4 is 0 Å². The van der Waals surface area contributed by atoms with E-state index >= 15 is 0 Å². The summed E-state index contributed by atoms with van der Waals surface area (Å²) in [5, 5.41) is 0. The zero-order valence-electron chi connectivity index (χ0n) is 5.23. The van der Waals surface area contributed by atoms with E-state index < -0.39 is 0 Å². The molecule has 0 aromatic carbocycles. The van der Waals surface area contributed by atoms with E-state index in [-0.39, 0.29) is 0 Å². The summed E-state index contributed by atoms with van der Waals surface area (Å²) in [5.41, 5.74) is 1.44. The highest BCUT2D eigenvalue weighted by Crippen LogP contribution is 2.20. The monoisotopic (exact) mass is 184 g/mol. The molecule has 0 saturated heterocycles.